The summed E-state index contributed by atoms with van der Waals surface area (Å²) in [5.41, 5.74) is 0. The molecule has 0 radical (unpaired) electrons. The van der Waals surface area contributed by atoms with E-state index in [-0.39, 0.29) is 0 Å². The van der Waals surface area contributed by atoms with Gasteiger partial charge in [-0.15, -0.1) is 0 Å². The molecule has 0 unspecified atom stereocenters. The fourth-order valence-corrected chi connectivity index (χ4v) is 0.877. The molecule has 0 atom stereocenters. The molecule has 0 heterocycles. The van der Waals surface area contributed by atoms with E-state index in [4.69, 9.17) is 5.84 Å². The summed E-state index contributed by atoms with van der Waals surface area (Å²) < 4.78 is 0. The van der Waals surface area contributed by atoms with E-state index < -0.39 is 0 Å². The molecule has 0 saturated carbocycles. The smallest absolute Gasteiger partial charge is 0.0343 e. The Bertz CT molecular complexity index is 78.9. The van der Waals surface area contributed by atoms with Gasteiger partial charge in [0.1, 0.15) is 0 Å². The topological polar surface area (TPSA) is 32.5 Å². The number of nitrogens with zero attached hydrogens (tertiary/aromatic N) is 2. The molecule has 0 saturated heterocycles. The van der Waals surface area contributed by atoms with Gasteiger partial charge in [0, 0.05) is 19.1 Å². The largest absolute Gasteiger partial charge is 0.255 e. The number of hydrazine groups is 2. The lowest BCUT2D eigenvalue weighted by Crippen LogP contribution is -2.51. The first-order chi connectivity index (χ1) is 4.63. The third-order valence-corrected chi connectivity index (χ3v) is 1.59. The van der Waals surface area contributed by atoms with Crippen molar-refractivity contribution < 1.29 is 0 Å². The average molecular weight is 145 g/mol. The molecule has 0 amide bonds. The molecular formula is C7H19N3. The average Bonchev–Trinajstić information content (AvgIpc) is 1.90. The molecule has 10 heavy (non-hydrogen) atoms. The van der Waals surface area contributed by atoms with Crippen molar-refractivity contribution in [2.24, 2.45) is 5.84 Å². The van der Waals surface area contributed by atoms with Crippen LogP contribution in [-0.4, -0.2) is 29.3 Å². The zero-order valence-electron chi connectivity index (χ0n) is 7.46. The van der Waals surface area contributed by atoms with Crippen molar-refractivity contribution in [1.82, 2.24) is 10.1 Å². The highest BCUT2D eigenvalue weighted by Crippen LogP contribution is 1.96. The summed E-state index contributed by atoms with van der Waals surface area (Å²) in [7, 11) is 0. The van der Waals surface area contributed by atoms with Crippen molar-refractivity contribution in [2.75, 3.05) is 13.1 Å². The van der Waals surface area contributed by atoms with E-state index in [1.807, 2.05) is 0 Å². The lowest BCUT2D eigenvalue weighted by atomic mass is 10.4. The summed E-state index contributed by atoms with van der Waals surface area (Å²) >= 11 is 0. The molecule has 62 valence electrons. The summed E-state index contributed by atoms with van der Waals surface area (Å²) in [4.78, 5) is 0. The van der Waals surface area contributed by atoms with Crippen LogP contribution in [0.1, 0.15) is 27.7 Å². The SMILES string of the molecule is CCN(CC)N(N)C(C)C. The van der Waals surface area contributed by atoms with Crippen molar-refractivity contribution in [3.05, 3.63) is 0 Å². The van der Waals surface area contributed by atoms with Crippen LogP contribution in [0.3, 0.4) is 0 Å². The number of rotatable bonds is 4. The van der Waals surface area contributed by atoms with Crippen LogP contribution in [0, 0.1) is 0 Å². The molecule has 0 aromatic heterocycles. The maximum Gasteiger partial charge on any atom is 0.0343 e. The van der Waals surface area contributed by atoms with Gasteiger partial charge in [0.05, 0.1) is 0 Å². The molecule has 0 rings (SSSR count). The van der Waals surface area contributed by atoms with E-state index >= 15 is 0 Å². The molecule has 3 nitrogen and oxygen atoms in total. The van der Waals surface area contributed by atoms with Crippen LogP contribution in [-0.2, 0) is 0 Å². The maximum absolute atomic E-state index is 5.74. The Labute approximate surface area is 63.7 Å². The van der Waals surface area contributed by atoms with Crippen LogP contribution >= 0.6 is 0 Å². The minimum absolute atomic E-state index is 0.389. The molecule has 0 aliphatic heterocycles. The summed E-state index contributed by atoms with van der Waals surface area (Å²) in [6, 6.07) is 0.389. The van der Waals surface area contributed by atoms with Crippen molar-refractivity contribution in [3.8, 4) is 0 Å². The minimum atomic E-state index is 0.389. The Balaban J connectivity index is 3.76. The third kappa shape index (κ3) is 2.64. The molecule has 0 aromatic carbocycles. The maximum atomic E-state index is 5.74. The molecule has 0 aromatic rings. The first-order valence-electron chi connectivity index (χ1n) is 3.92. The summed E-state index contributed by atoms with van der Waals surface area (Å²) in [5.74, 6) is 5.74. The van der Waals surface area contributed by atoms with Crippen molar-refractivity contribution >= 4 is 0 Å². The van der Waals surface area contributed by atoms with E-state index in [1.54, 1.807) is 5.12 Å². The van der Waals surface area contributed by atoms with Crippen LogP contribution in [0.4, 0.5) is 0 Å². The predicted octanol–water partition coefficient (Wildman–Crippen LogP) is 0.827. The van der Waals surface area contributed by atoms with Gasteiger partial charge in [-0.2, -0.15) is 5.12 Å². The van der Waals surface area contributed by atoms with E-state index in [1.165, 1.54) is 0 Å². The molecule has 0 aliphatic rings. The van der Waals surface area contributed by atoms with Crippen LogP contribution in [0.25, 0.3) is 0 Å². The Morgan fingerprint density at radius 1 is 1.20 bits per heavy atom. The van der Waals surface area contributed by atoms with Crippen molar-refractivity contribution in [1.29, 1.82) is 0 Å². The van der Waals surface area contributed by atoms with Crippen LogP contribution in [0.2, 0.25) is 0 Å². The van der Waals surface area contributed by atoms with Gasteiger partial charge in [0.15, 0.2) is 0 Å². The Kier molecular flexibility index (Phi) is 4.60. The minimum Gasteiger partial charge on any atom is -0.255 e. The van der Waals surface area contributed by atoms with Gasteiger partial charge in [-0.1, -0.05) is 13.8 Å². The van der Waals surface area contributed by atoms with Gasteiger partial charge in [-0.25, -0.2) is 5.01 Å². The molecule has 0 spiro atoms. The highest BCUT2D eigenvalue weighted by Gasteiger charge is 2.09. The number of hydrogen-bond acceptors (Lipinski definition) is 3. The second-order valence-electron chi connectivity index (χ2n) is 2.61. The molecule has 3 heteroatoms. The second-order valence-corrected chi connectivity index (χ2v) is 2.61. The van der Waals surface area contributed by atoms with E-state index in [2.05, 4.69) is 32.7 Å². The van der Waals surface area contributed by atoms with E-state index in [9.17, 15) is 0 Å². The van der Waals surface area contributed by atoms with Gasteiger partial charge in [0.25, 0.3) is 0 Å². The highest BCUT2D eigenvalue weighted by atomic mass is 15.8. The predicted molar refractivity (Wildman–Crippen MR) is 44.1 cm³/mol. The van der Waals surface area contributed by atoms with Crippen molar-refractivity contribution in [2.45, 2.75) is 33.7 Å². The number of nitrogens with two attached hydrogens (primary N) is 1. The lowest BCUT2D eigenvalue weighted by molar-refractivity contribution is -0.0445. The Hall–Kier alpha value is -0.120. The summed E-state index contributed by atoms with van der Waals surface area (Å²) in [6.45, 7) is 10.3. The van der Waals surface area contributed by atoms with Gasteiger partial charge < -0.3 is 0 Å². The third-order valence-electron chi connectivity index (χ3n) is 1.59. The first kappa shape index (κ1) is 9.88. The van der Waals surface area contributed by atoms with E-state index in [0.717, 1.165) is 13.1 Å². The monoisotopic (exact) mass is 145 g/mol. The second kappa shape index (κ2) is 4.66. The molecule has 0 fully saturated rings. The standard InChI is InChI=1S/C7H19N3/c1-5-9(6-2)10(8)7(3)4/h7H,5-6,8H2,1-4H3. The number of hydrogen-bond donors (Lipinski definition) is 1. The highest BCUT2D eigenvalue weighted by molar-refractivity contribution is 4.51. The Morgan fingerprint density at radius 2 is 1.60 bits per heavy atom. The van der Waals surface area contributed by atoms with Crippen molar-refractivity contribution in [3.63, 3.8) is 0 Å². The molecule has 0 aliphatic carbocycles. The van der Waals surface area contributed by atoms with Gasteiger partial charge in [-0.05, 0) is 13.8 Å². The van der Waals surface area contributed by atoms with Gasteiger partial charge >= 0.3 is 0 Å². The van der Waals surface area contributed by atoms with Gasteiger partial charge in [-0.3, -0.25) is 5.84 Å². The lowest BCUT2D eigenvalue weighted by Gasteiger charge is -2.32. The quantitative estimate of drug-likeness (QED) is 0.470. The molecule has 0 bridgehead atoms. The molecular weight excluding hydrogens is 126 g/mol. The normalized spacial score (nSPS) is 12.0. The van der Waals surface area contributed by atoms with Gasteiger partial charge in [0.2, 0.25) is 0 Å². The molecule has 2 N–H and O–H groups in total. The zero-order chi connectivity index (χ0) is 8.15. The fourth-order valence-electron chi connectivity index (χ4n) is 0.877. The summed E-state index contributed by atoms with van der Waals surface area (Å²) in [5, 5.41) is 3.88. The van der Waals surface area contributed by atoms with E-state index in [0.29, 0.717) is 6.04 Å². The fraction of sp³-hybridized carbons (Fsp3) is 1.00. The van der Waals surface area contributed by atoms with Crippen LogP contribution in [0.15, 0.2) is 0 Å². The zero-order valence-corrected chi connectivity index (χ0v) is 7.46. The van der Waals surface area contributed by atoms with Crippen LogP contribution < -0.4 is 5.84 Å². The Morgan fingerprint density at radius 3 is 1.70 bits per heavy atom. The first-order valence-corrected chi connectivity index (χ1v) is 3.92. The summed E-state index contributed by atoms with van der Waals surface area (Å²) in [6.07, 6.45) is 0. The van der Waals surface area contributed by atoms with Crippen LogP contribution in [0.5, 0.6) is 0 Å².